The Morgan fingerprint density at radius 2 is 1.33 bits per heavy atom. The molecule has 0 saturated heterocycles. The molecule has 0 radical (unpaired) electrons. The van der Waals surface area contributed by atoms with Crippen molar-refractivity contribution in [1.82, 2.24) is 0 Å². The first-order valence-electron chi connectivity index (χ1n) is 11.6. The average Bonchev–Trinajstić information content (AvgIpc) is 2.89. The van der Waals surface area contributed by atoms with Crippen LogP contribution in [0.2, 0.25) is 0 Å². The molecule has 0 aromatic carbocycles. The monoisotopic (exact) mass is 509 g/mol. The van der Waals surface area contributed by atoms with Crippen LogP contribution < -0.4 is 0 Å². The standard InChI is InChI=1S/C13H25NO.C9H13.C5H8.2CH3.H4Si.Ti/c14-13(15)12-10-8-6-4-2-1-3-5-7-9-11-12;1-6-5-7(2)9(4)8(6)3;1-3-5-4-2;;;;/h12H,1-11H2,(H2,14,15);6H,1-4H3;3-5H,1H2,2H3;2*1H3;1H4;/q;-1;;2*-1;;+4/p-1. The maximum Gasteiger partial charge on any atom is 4.00 e. The molecule has 4 heteroatoms. The molecule has 2 nitrogen and oxygen atoms in total. The number of hydrogen-bond donors (Lipinski definition) is 0. The summed E-state index contributed by atoms with van der Waals surface area (Å²) in [6.07, 6.45) is 22.4. The number of carbonyl (C=O) groups is 1. The molecule has 1 atom stereocenters. The predicted molar refractivity (Wildman–Crippen MR) is 153 cm³/mol. The van der Waals surface area contributed by atoms with Crippen molar-refractivity contribution in [1.29, 1.82) is 0 Å². The molecule has 1 saturated carbocycles. The number of allylic oxidation sites excluding steroid dienone is 7. The van der Waals surface area contributed by atoms with Crippen molar-refractivity contribution in [2.75, 3.05) is 0 Å². The summed E-state index contributed by atoms with van der Waals surface area (Å²) in [6, 6.07) is 0. The maximum atomic E-state index is 11.1. The molecular weight excluding hydrogens is 454 g/mol. The summed E-state index contributed by atoms with van der Waals surface area (Å²) in [5.74, 6) is 0.279. The van der Waals surface area contributed by atoms with E-state index in [9.17, 15) is 4.79 Å². The van der Waals surface area contributed by atoms with E-state index in [1.54, 1.807) is 6.08 Å². The molecule has 0 heterocycles. The van der Waals surface area contributed by atoms with E-state index in [1.807, 2.05) is 19.1 Å². The van der Waals surface area contributed by atoms with Gasteiger partial charge in [-0.3, -0.25) is 6.08 Å². The molecule has 0 spiro atoms. The summed E-state index contributed by atoms with van der Waals surface area (Å²) >= 11 is 0. The Morgan fingerprint density at radius 3 is 1.52 bits per heavy atom. The molecule has 33 heavy (non-hydrogen) atoms. The fraction of sp³-hybridized carbons (Fsp3) is 0.621. The van der Waals surface area contributed by atoms with Gasteiger partial charge in [0.2, 0.25) is 0 Å². The molecule has 1 N–H and O–H groups in total. The van der Waals surface area contributed by atoms with Crippen molar-refractivity contribution in [3.8, 4) is 0 Å². The van der Waals surface area contributed by atoms with E-state index in [0.29, 0.717) is 5.92 Å². The zero-order chi connectivity index (χ0) is 22.1. The van der Waals surface area contributed by atoms with Gasteiger partial charge in [0.05, 0.1) is 5.91 Å². The molecule has 2 rings (SSSR count). The van der Waals surface area contributed by atoms with Crippen molar-refractivity contribution < 1.29 is 26.5 Å². The Bertz CT molecular complexity index is 554. The van der Waals surface area contributed by atoms with Crippen LogP contribution in [-0.4, -0.2) is 16.9 Å². The molecule has 0 aliphatic heterocycles. The van der Waals surface area contributed by atoms with E-state index < -0.39 is 0 Å². The Hall–Kier alpha value is -0.639. The minimum atomic E-state index is -0.327. The molecular formula is C29H55NOSiTi. The van der Waals surface area contributed by atoms with Crippen LogP contribution in [-0.2, 0) is 26.5 Å². The molecule has 0 aromatic rings. The van der Waals surface area contributed by atoms with E-state index in [-0.39, 0.29) is 59.4 Å². The van der Waals surface area contributed by atoms with Crippen LogP contribution in [0.3, 0.4) is 0 Å². The predicted octanol–water partition coefficient (Wildman–Crippen LogP) is 8.40. The SMILES string of the molecule is C=CC=CC.CC1=[C-]C(C)C(C)=C1C.[CH3-].[CH3-].[NH-]C(=O)C1CCCCCCCCCCC1.[SiH4].[Ti+4]. The fourth-order valence-corrected chi connectivity index (χ4v) is 3.72. The van der Waals surface area contributed by atoms with Crippen LogP contribution in [0.25, 0.3) is 5.73 Å². The van der Waals surface area contributed by atoms with Gasteiger partial charge < -0.3 is 25.4 Å². The minimum absolute atomic E-state index is 0. The third kappa shape index (κ3) is 21.6. The number of carbonyl (C=O) groups excluding carboxylic acids is 1. The second-order valence-corrected chi connectivity index (χ2v) is 8.38. The molecule has 190 valence electrons. The van der Waals surface area contributed by atoms with Gasteiger partial charge in [-0.2, -0.15) is 11.1 Å². The second kappa shape index (κ2) is 27.6. The minimum Gasteiger partial charge on any atom is -0.668 e. The van der Waals surface area contributed by atoms with Gasteiger partial charge in [-0.1, -0.05) is 109 Å². The second-order valence-electron chi connectivity index (χ2n) is 8.38. The van der Waals surface area contributed by atoms with Crippen molar-refractivity contribution in [3.63, 3.8) is 0 Å². The number of amides is 1. The smallest absolute Gasteiger partial charge is 0.668 e. The topological polar surface area (TPSA) is 40.9 Å². The van der Waals surface area contributed by atoms with Crippen LogP contribution >= 0.6 is 0 Å². The maximum absolute atomic E-state index is 11.1. The molecule has 1 amide bonds. The summed E-state index contributed by atoms with van der Waals surface area (Å²) in [5, 5.41) is 0. The van der Waals surface area contributed by atoms with Crippen molar-refractivity contribution >= 4 is 16.9 Å². The van der Waals surface area contributed by atoms with Gasteiger partial charge in [0.25, 0.3) is 0 Å². The van der Waals surface area contributed by atoms with Gasteiger partial charge in [-0.15, -0.1) is 6.92 Å². The van der Waals surface area contributed by atoms with Gasteiger partial charge in [0.1, 0.15) is 0 Å². The summed E-state index contributed by atoms with van der Waals surface area (Å²) < 4.78 is 0. The van der Waals surface area contributed by atoms with E-state index in [2.05, 4.69) is 40.3 Å². The van der Waals surface area contributed by atoms with E-state index in [4.69, 9.17) is 5.73 Å². The Morgan fingerprint density at radius 1 is 0.939 bits per heavy atom. The van der Waals surface area contributed by atoms with E-state index >= 15 is 0 Å². The van der Waals surface area contributed by atoms with Gasteiger partial charge >= 0.3 is 21.7 Å². The molecule has 1 fully saturated rings. The first-order chi connectivity index (χ1) is 13.8. The van der Waals surface area contributed by atoms with Gasteiger partial charge in [-0.25, -0.2) is 5.57 Å². The van der Waals surface area contributed by atoms with E-state index in [1.165, 1.54) is 61.7 Å². The van der Waals surface area contributed by atoms with Crippen LogP contribution in [0.5, 0.6) is 0 Å². The Balaban J connectivity index is -0.000000126. The first-order valence-corrected chi connectivity index (χ1v) is 11.6. The summed E-state index contributed by atoms with van der Waals surface area (Å²) in [5.41, 5.74) is 11.5. The number of nitrogens with one attached hydrogen (secondary N) is 1. The first kappa shape index (κ1) is 42.5. The zero-order valence-electron chi connectivity index (χ0n) is 22.3. The average molecular weight is 510 g/mol. The third-order valence-corrected chi connectivity index (χ3v) is 6.04. The van der Waals surface area contributed by atoms with E-state index in [0.717, 1.165) is 25.7 Å². The summed E-state index contributed by atoms with van der Waals surface area (Å²) in [4.78, 5) is 11.1. The number of rotatable bonds is 2. The summed E-state index contributed by atoms with van der Waals surface area (Å²) in [7, 11) is 0. The summed E-state index contributed by atoms with van der Waals surface area (Å²) in [6.45, 7) is 14.1. The van der Waals surface area contributed by atoms with Crippen LogP contribution in [0.1, 0.15) is 105 Å². The van der Waals surface area contributed by atoms with Crippen LogP contribution in [0.4, 0.5) is 0 Å². The molecule has 0 aromatic heterocycles. The molecule has 2 aliphatic carbocycles. The van der Waals surface area contributed by atoms with Gasteiger partial charge in [-0.05, 0) is 30.7 Å². The fourth-order valence-electron chi connectivity index (χ4n) is 3.72. The Labute approximate surface area is 227 Å². The van der Waals surface area contributed by atoms with Crippen molar-refractivity contribution in [3.05, 3.63) is 68.2 Å². The third-order valence-electron chi connectivity index (χ3n) is 6.04. The molecule has 0 bridgehead atoms. The van der Waals surface area contributed by atoms with Crippen LogP contribution in [0.15, 0.2) is 41.5 Å². The largest absolute Gasteiger partial charge is 4.00 e. The zero-order valence-corrected chi connectivity index (χ0v) is 23.8. The Kier molecular flexibility index (Phi) is 35.6. The van der Waals surface area contributed by atoms with Crippen molar-refractivity contribution in [2.45, 2.75) is 105 Å². The van der Waals surface area contributed by atoms with Gasteiger partial charge in [0.15, 0.2) is 0 Å². The quantitative estimate of drug-likeness (QED) is 0.209. The van der Waals surface area contributed by atoms with Crippen molar-refractivity contribution in [2.24, 2.45) is 11.8 Å². The molecule has 2 aliphatic rings. The van der Waals surface area contributed by atoms with Gasteiger partial charge in [0, 0.05) is 5.92 Å². The van der Waals surface area contributed by atoms with Crippen LogP contribution in [0, 0.1) is 32.8 Å². The normalized spacial score (nSPS) is 19.1. The molecule has 1 unspecified atom stereocenters. The number of hydrogen-bond acceptors (Lipinski definition) is 1.